The highest BCUT2D eigenvalue weighted by molar-refractivity contribution is 14.1. The summed E-state index contributed by atoms with van der Waals surface area (Å²) in [5.41, 5.74) is 0. The van der Waals surface area contributed by atoms with Gasteiger partial charge in [0.15, 0.2) is 0 Å². The molecule has 0 spiro atoms. The van der Waals surface area contributed by atoms with Crippen LogP contribution in [0.15, 0.2) is 0 Å². The van der Waals surface area contributed by atoms with Gasteiger partial charge in [0.05, 0.1) is 0 Å². The number of hydrogen-bond acceptors (Lipinski definition) is 1. The van der Waals surface area contributed by atoms with Gasteiger partial charge in [-0.05, 0) is 60.2 Å². The first-order valence-electron chi connectivity index (χ1n) is 7.66. The molecule has 0 aromatic rings. The lowest BCUT2D eigenvalue weighted by atomic mass is 10.0. The third kappa shape index (κ3) is 2.44. The van der Waals surface area contributed by atoms with Crippen molar-refractivity contribution >= 4 is 28.5 Å². The molecule has 0 heterocycles. The molecule has 102 valence electrons. The molecule has 3 aliphatic rings. The maximum atomic E-state index is 12.1. The minimum absolute atomic E-state index is 0.385. The Morgan fingerprint density at radius 2 is 1.72 bits per heavy atom. The Morgan fingerprint density at radius 3 is 2.39 bits per heavy atom. The summed E-state index contributed by atoms with van der Waals surface area (Å²) in [7, 11) is 0. The largest absolute Gasteiger partial charge is 0.356 e. The highest BCUT2D eigenvalue weighted by atomic mass is 127. The van der Waals surface area contributed by atoms with Crippen LogP contribution in [-0.2, 0) is 4.79 Å². The standard InChI is InChI=1S/C15H24INO/c16-7-3-1-2-4-8-17-15(18)14-12-10-5-6-11(9-10)13(12)14/h10-14H,1-9H2,(H,17,18). The molecule has 3 rings (SSSR count). The van der Waals surface area contributed by atoms with Crippen LogP contribution in [0.25, 0.3) is 0 Å². The first-order chi connectivity index (χ1) is 8.83. The Morgan fingerprint density at radius 1 is 1.06 bits per heavy atom. The van der Waals surface area contributed by atoms with Crippen molar-refractivity contribution in [3.05, 3.63) is 0 Å². The van der Waals surface area contributed by atoms with Gasteiger partial charge >= 0.3 is 0 Å². The number of halogens is 1. The third-order valence-electron chi connectivity index (χ3n) is 5.40. The number of nitrogens with one attached hydrogen (secondary N) is 1. The molecular weight excluding hydrogens is 337 g/mol. The predicted octanol–water partition coefficient (Wildman–Crippen LogP) is 3.39. The first kappa shape index (κ1) is 13.2. The summed E-state index contributed by atoms with van der Waals surface area (Å²) in [5.74, 6) is 4.23. The zero-order valence-corrected chi connectivity index (χ0v) is 13.2. The highest BCUT2D eigenvalue weighted by Crippen LogP contribution is 2.69. The molecule has 3 aliphatic carbocycles. The molecule has 18 heavy (non-hydrogen) atoms. The average Bonchev–Trinajstić information content (AvgIpc) is 2.82. The van der Waals surface area contributed by atoms with Gasteiger partial charge in [0.2, 0.25) is 5.91 Å². The maximum Gasteiger partial charge on any atom is 0.223 e. The zero-order chi connectivity index (χ0) is 12.5. The van der Waals surface area contributed by atoms with E-state index in [9.17, 15) is 4.79 Å². The number of rotatable bonds is 7. The van der Waals surface area contributed by atoms with Crippen LogP contribution < -0.4 is 5.32 Å². The van der Waals surface area contributed by atoms with E-state index >= 15 is 0 Å². The quantitative estimate of drug-likeness (QED) is 0.420. The maximum absolute atomic E-state index is 12.1. The van der Waals surface area contributed by atoms with Crippen molar-refractivity contribution in [3.63, 3.8) is 0 Å². The molecular formula is C15H24INO. The van der Waals surface area contributed by atoms with E-state index in [1.807, 2.05) is 0 Å². The molecule has 0 aromatic heterocycles. The Bertz CT molecular complexity index is 304. The molecule has 2 nitrogen and oxygen atoms in total. The summed E-state index contributed by atoms with van der Waals surface area (Å²) in [4.78, 5) is 12.1. The summed E-state index contributed by atoms with van der Waals surface area (Å²) in [6, 6.07) is 0. The van der Waals surface area contributed by atoms with Crippen LogP contribution in [0.4, 0.5) is 0 Å². The van der Waals surface area contributed by atoms with E-state index in [0.29, 0.717) is 11.8 Å². The fourth-order valence-electron chi connectivity index (χ4n) is 4.58. The minimum atomic E-state index is 0.385. The van der Waals surface area contributed by atoms with E-state index in [1.165, 1.54) is 43.0 Å². The molecule has 0 saturated heterocycles. The van der Waals surface area contributed by atoms with E-state index in [0.717, 1.165) is 36.6 Å². The lowest BCUT2D eigenvalue weighted by Gasteiger charge is -2.09. The molecule has 3 saturated carbocycles. The fourth-order valence-corrected chi connectivity index (χ4v) is 5.12. The van der Waals surface area contributed by atoms with Crippen molar-refractivity contribution in [2.24, 2.45) is 29.6 Å². The molecule has 2 bridgehead atoms. The van der Waals surface area contributed by atoms with Gasteiger partial charge in [-0.3, -0.25) is 4.79 Å². The normalized spacial score (nSPS) is 39.7. The molecule has 0 radical (unpaired) electrons. The molecule has 3 fully saturated rings. The van der Waals surface area contributed by atoms with Gasteiger partial charge in [-0.2, -0.15) is 0 Å². The molecule has 4 atom stereocenters. The van der Waals surface area contributed by atoms with E-state index in [4.69, 9.17) is 0 Å². The number of amides is 1. The van der Waals surface area contributed by atoms with Crippen LogP contribution in [0.1, 0.15) is 44.9 Å². The first-order valence-corrected chi connectivity index (χ1v) is 9.19. The van der Waals surface area contributed by atoms with Crippen LogP contribution in [0, 0.1) is 29.6 Å². The number of hydrogen-bond donors (Lipinski definition) is 1. The number of alkyl halides is 1. The van der Waals surface area contributed by atoms with E-state index in [1.54, 1.807) is 0 Å². The lowest BCUT2D eigenvalue weighted by molar-refractivity contribution is -0.123. The average molecular weight is 361 g/mol. The van der Waals surface area contributed by atoms with Crippen LogP contribution in [0.5, 0.6) is 0 Å². The van der Waals surface area contributed by atoms with Crippen LogP contribution in [-0.4, -0.2) is 16.9 Å². The van der Waals surface area contributed by atoms with Crippen molar-refractivity contribution in [2.45, 2.75) is 44.9 Å². The molecule has 0 aromatic carbocycles. The Balaban J connectivity index is 1.32. The second kappa shape index (κ2) is 5.68. The van der Waals surface area contributed by atoms with E-state index in [-0.39, 0.29) is 0 Å². The van der Waals surface area contributed by atoms with Gasteiger partial charge in [0.25, 0.3) is 0 Å². The van der Waals surface area contributed by atoms with E-state index < -0.39 is 0 Å². The summed E-state index contributed by atoms with van der Waals surface area (Å²) >= 11 is 2.43. The summed E-state index contributed by atoms with van der Waals surface area (Å²) in [5, 5.41) is 3.18. The van der Waals surface area contributed by atoms with Gasteiger partial charge in [-0.15, -0.1) is 0 Å². The van der Waals surface area contributed by atoms with Gasteiger partial charge in [0.1, 0.15) is 0 Å². The van der Waals surface area contributed by atoms with Gasteiger partial charge < -0.3 is 5.32 Å². The van der Waals surface area contributed by atoms with E-state index in [2.05, 4.69) is 27.9 Å². The predicted molar refractivity (Wildman–Crippen MR) is 81.7 cm³/mol. The number of fused-ring (bicyclic) bond motifs is 5. The molecule has 3 heteroatoms. The van der Waals surface area contributed by atoms with Crippen LogP contribution >= 0.6 is 22.6 Å². The Labute approximate surface area is 124 Å². The summed E-state index contributed by atoms with van der Waals surface area (Å²) < 4.78 is 1.26. The van der Waals surface area contributed by atoms with Crippen molar-refractivity contribution in [1.29, 1.82) is 0 Å². The highest BCUT2D eigenvalue weighted by Gasteiger charge is 2.67. The summed E-state index contributed by atoms with van der Waals surface area (Å²) in [6.45, 7) is 0.908. The zero-order valence-electron chi connectivity index (χ0n) is 11.0. The molecule has 1 N–H and O–H groups in total. The Hall–Kier alpha value is 0.200. The SMILES string of the molecule is O=C(NCCCCCCI)C1C2C3CCC(C3)C12. The second-order valence-electron chi connectivity index (χ2n) is 6.41. The molecule has 1 amide bonds. The van der Waals surface area contributed by atoms with Crippen molar-refractivity contribution in [1.82, 2.24) is 5.32 Å². The second-order valence-corrected chi connectivity index (χ2v) is 7.49. The topological polar surface area (TPSA) is 29.1 Å². The number of carbonyl (C=O) groups is 1. The third-order valence-corrected chi connectivity index (χ3v) is 6.16. The van der Waals surface area contributed by atoms with Crippen LogP contribution in [0.3, 0.4) is 0 Å². The van der Waals surface area contributed by atoms with Gasteiger partial charge in [-0.1, -0.05) is 35.4 Å². The smallest absolute Gasteiger partial charge is 0.223 e. The van der Waals surface area contributed by atoms with Crippen molar-refractivity contribution in [2.75, 3.05) is 11.0 Å². The number of unbranched alkanes of at least 4 members (excludes halogenated alkanes) is 3. The van der Waals surface area contributed by atoms with Crippen LogP contribution in [0.2, 0.25) is 0 Å². The van der Waals surface area contributed by atoms with Crippen molar-refractivity contribution < 1.29 is 4.79 Å². The number of carbonyl (C=O) groups excluding carboxylic acids is 1. The fraction of sp³-hybridized carbons (Fsp3) is 0.933. The lowest BCUT2D eigenvalue weighted by Crippen LogP contribution is -2.28. The van der Waals surface area contributed by atoms with Crippen molar-refractivity contribution in [3.8, 4) is 0 Å². The summed E-state index contributed by atoms with van der Waals surface area (Å²) in [6.07, 6.45) is 9.33. The minimum Gasteiger partial charge on any atom is -0.356 e. The Kier molecular flexibility index (Phi) is 4.16. The van der Waals surface area contributed by atoms with Gasteiger partial charge in [0, 0.05) is 12.5 Å². The molecule has 0 aliphatic heterocycles. The molecule has 4 unspecified atom stereocenters. The monoisotopic (exact) mass is 361 g/mol. The van der Waals surface area contributed by atoms with Gasteiger partial charge in [-0.25, -0.2) is 0 Å².